The Morgan fingerprint density at radius 3 is 2.95 bits per heavy atom. The molecule has 2 rings (SSSR count). The second-order valence-corrected chi connectivity index (χ2v) is 5.56. The maximum atomic E-state index is 11.4. The Morgan fingerprint density at radius 1 is 1.37 bits per heavy atom. The van der Waals surface area contributed by atoms with Gasteiger partial charge in [0, 0.05) is 10.6 Å². The van der Waals surface area contributed by atoms with Gasteiger partial charge in [-0.15, -0.1) is 11.8 Å². The van der Waals surface area contributed by atoms with E-state index in [-0.39, 0.29) is 11.2 Å². The molecule has 1 atom stereocenters. The molecule has 0 aliphatic carbocycles. The van der Waals surface area contributed by atoms with Crippen LogP contribution in [-0.4, -0.2) is 27.8 Å². The van der Waals surface area contributed by atoms with Crippen LogP contribution >= 0.6 is 11.8 Å². The van der Waals surface area contributed by atoms with Crippen LogP contribution in [0, 0.1) is 0 Å². The third-order valence-electron chi connectivity index (χ3n) is 2.58. The predicted molar refractivity (Wildman–Crippen MR) is 76.1 cm³/mol. The molecular formula is C14H16N2O2S. The second kappa shape index (κ2) is 6.52. The number of para-hydroxylation sites is 1. The summed E-state index contributed by atoms with van der Waals surface area (Å²) in [6, 6.07) is 7.86. The van der Waals surface area contributed by atoms with Gasteiger partial charge in [0.05, 0.1) is 18.5 Å². The van der Waals surface area contributed by atoms with Crippen LogP contribution in [0.5, 0.6) is 0 Å². The Balaban J connectivity index is 2.10. The Labute approximate surface area is 116 Å². The lowest BCUT2D eigenvalue weighted by molar-refractivity contribution is -0.142. The van der Waals surface area contributed by atoms with Crippen LogP contribution in [0.3, 0.4) is 0 Å². The fraction of sp³-hybridized carbons (Fsp3) is 0.357. The number of nitrogens with zero attached hydrogens (tertiary/aromatic N) is 2. The molecule has 100 valence electrons. The van der Waals surface area contributed by atoms with Crippen LogP contribution in [0.4, 0.5) is 0 Å². The Kier molecular flexibility index (Phi) is 4.74. The lowest BCUT2D eigenvalue weighted by Gasteiger charge is -2.11. The highest BCUT2D eigenvalue weighted by Gasteiger charge is 2.13. The van der Waals surface area contributed by atoms with E-state index in [1.54, 1.807) is 18.1 Å². The summed E-state index contributed by atoms with van der Waals surface area (Å²) in [7, 11) is 0. The number of carbonyl (C=O) groups excluding carboxylic acids is 1. The highest BCUT2D eigenvalue weighted by molar-refractivity contribution is 8.00. The number of thioether (sulfide) groups is 1. The van der Waals surface area contributed by atoms with Crippen LogP contribution in [0.15, 0.2) is 35.6 Å². The van der Waals surface area contributed by atoms with E-state index in [0.717, 1.165) is 15.9 Å². The predicted octanol–water partition coefficient (Wildman–Crippen LogP) is 3.06. The van der Waals surface area contributed by atoms with Gasteiger partial charge in [0.2, 0.25) is 0 Å². The molecule has 0 spiro atoms. The normalized spacial score (nSPS) is 12.3. The first-order valence-corrected chi connectivity index (χ1v) is 7.10. The molecule has 0 amide bonds. The molecule has 0 aliphatic heterocycles. The number of aromatic nitrogens is 2. The largest absolute Gasteiger partial charge is 0.466 e. The third-order valence-corrected chi connectivity index (χ3v) is 3.70. The van der Waals surface area contributed by atoms with Crippen molar-refractivity contribution in [2.24, 2.45) is 0 Å². The van der Waals surface area contributed by atoms with E-state index in [2.05, 4.69) is 9.97 Å². The molecule has 0 fully saturated rings. The van der Waals surface area contributed by atoms with E-state index in [4.69, 9.17) is 4.74 Å². The van der Waals surface area contributed by atoms with Gasteiger partial charge in [0.15, 0.2) is 0 Å². The molecule has 0 radical (unpaired) electrons. The number of carbonyl (C=O) groups is 1. The molecule has 19 heavy (non-hydrogen) atoms. The lowest BCUT2D eigenvalue weighted by atomic mass is 10.2. The Morgan fingerprint density at radius 2 is 2.16 bits per heavy atom. The van der Waals surface area contributed by atoms with E-state index in [9.17, 15) is 4.79 Å². The average molecular weight is 276 g/mol. The van der Waals surface area contributed by atoms with E-state index >= 15 is 0 Å². The number of rotatable bonds is 5. The van der Waals surface area contributed by atoms with Crippen LogP contribution in [0.25, 0.3) is 10.9 Å². The average Bonchev–Trinajstić information content (AvgIpc) is 2.39. The lowest BCUT2D eigenvalue weighted by Crippen LogP contribution is -2.10. The molecule has 5 heteroatoms. The molecule has 0 aliphatic rings. The first-order chi connectivity index (χ1) is 9.20. The van der Waals surface area contributed by atoms with Gasteiger partial charge in [0.25, 0.3) is 0 Å². The zero-order valence-electron chi connectivity index (χ0n) is 11.0. The van der Waals surface area contributed by atoms with E-state index in [1.165, 1.54) is 0 Å². The van der Waals surface area contributed by atoms with Gasteiger partial charge >= 0.3 is 5.97 Å². The van der Waals surface area contributed by atoms with Gasteiger partial charge in [0.1, 0.15) is 11.4 Å². The first kappa shape index (κ1) is 13.8. The fourth-order valence-electron chi connectivity index (χ4n) is 1.76. The van der Waals surface area contributed by atoms with E-state index < -0.39 is 0 Å². The van der Waals surface area contributed by atoms with Gasteiger partial charge in [-0.25, -0.2) is 9.97 Å². The van der Waals surface area contributed by atoms with Gasteiger partial charge in [-0.2, -0.15) is 0 Å². The number of hydrogen-bond donors (Lipinski definition) is 0. The van der Waals surface area contributed by atoms with Crippen molar-refractivity contribution in [2.45, 2.75) is 30.5 Å². The summed E-state index contributed by atoms with van der Waals surface area (Å²) < 4.78 is 4.95. The van der Waals surface area contributed by atoms with E-state index in [0.29, 0.717) is 13.0 Å². The summed E-state index contributed by atoms with van der Waals surface area (Å²) >= 11 is 1.58. The number of fused-ring (bicyclic) bond motifs is 1. The SMILES string of the molecule is CCOC(=O)CC(C)Sc1ncnc2ccccc12. The second-order valence-electron chi connectivity index (χ2n) is 4.13. The summed E-state index contributed by atoms with van der Waals surface area (Å²) in [6.07, 6.45) is 1.94. The van der Waals surface area contributed by atoms with Crippen molar-refractivity contribution in [1.82, 2.24) is 9.97 Å². The van der Waals surface area contributed by atoms with Crippen molar-refractivity contribution in [2.75, 3.05) is 6.61 Å². The molecular weight excluding hydrogens is 260 g/mol. The maximum Gasteiger partial charge on any atom is 0.306 e. The summed E-state index contributed by atoms with van der Waals surface area (Å²) in [5.41, 5.74) is 0.920. The van der Waals surface area contributed by atoms with Gasteiger partial charge in [-0.05, 0) is 13.0 Å². The van der Waals surface area contributed by atoms with Gasteiger partial charge in [-0.3, -0.25) is 4.79 Å². The highest BCUT2D eigenvalue weighted by atomic mass is 32.2. The fourth-order valence-corrected chi connectivity index (χ4v) is 2.77. The molecule has 0 bridgehead atoms. The van der Waals surface area contributed by atoms with Crippen LogP contribution in [0.2, 0.25) is 0 Å². The summed E-state index contributed by atoms with van der Waals surface area (Å²) in [5, 5.41) is 2.05. The molecule has 0 N–H and O–H groups in total. The minimum absolute atomic E-state index is 0.123. The maximum absolute atomic E-state index is 11.4. The molecule has 1 aromatic carbocycles. The van der Waals surface area contributed by atoms with Gasteiger partial charge < -0.3 is 4.74 Å². The van der Waals surface area contributed by atoms with Gasteiger partial charge in [-0.1, -0.05) is 25.1 Å². The topological polar surface area (TPSA) is 52.1 Å². The molecule has 4 nitrogen and oxygen atoms in total. The molecule has 0 saturated heterocycles. The summed E-state index contributed by atoms with van der Waals surface area (Å²) in [6.45, 7) is 4.23. The Hall–Kier alpha value is -1.62. The summed E-state index contributed by atoms with van der Waals surface area (Å²) in [5.74, 6) is -0.166. The quantitative estimate of drug-likeness (QED) is 0.477. The number of esters is 1. The molecule has 0 saturated carbocycles. The zero-order chi connectivity index (χ0) is 13.7. The van der Waals surface area contributed by atoms with E-state index in [1.807, 2.05) is 38.1 Å². The molecule has 1 heterocycles. The van der Waals surface area contributed by atoms with Crippen molar-refractivity contribution in [3.63, 3.8) is 0 Å². The minimum Gasteiger partial charge on any atom is -0.466 e. The summed E-state index contributed by atoms with van der Waals surface area (Å²) in [4.78, 5) is 20.0. The number of benzene rings is 1. The van der Waals surface area contributed by atoms with Crippen molar-refractivity contribution in [1.29, 1.82) is 0 Å². The highest BCUT2D eigenvalue weighted by Crippen LogP contribution is 2.29. The smallest absolute Gasteiger partial charge is 0.306 e. The number of ether oxygens (including phenoxy) is 1. The third kappa shape index (κ3) is 3.67. The molecule has 2 aromatic rings. The van der Waals surface area contributed by atoms with Crippen LogP contribution in [0.1, 0.15) is 20.3 Å². The van der Waals surface area contributed by atoms with Crippen molar-refractivity contribution in [3.05, 3.63) is 30.6 Å². The molecule has 1 aromatic heterocycles. The molecule has 1 unspecified atom stereocenters. The van der Waals surface area contributed by atoms with Crippen molar-refractivity contribution < 1.29 is 9.53 Å². The van der Waals surface area contributed by atoms with Crippen LogP contribution < -0.4 is 0 Å². The number of hydrogen-bond acceptors (Lipinski definition) is 5. The van der Waals surface area contributed by atoms with Crippen LogP contribution in [-0.2, 0) is 9.53 Å². The Bertz CT molecular complexity index is 569. The van der Waals surface area contributed by atoms with Crippen molar-refractivity contribution in [3.8, 4) is 0 Å². The zero-order valence-corrected chi connectivity index (χ0v) is 11.8. The monoisotopic (exact) mass is 276 g/mol. The first-order valence-electron chi connectivity index (χ1n) is 6.22. The standard InChI is InChI=1S/C14H16N2O2S/c1-3-18-13(17)8-10(2)19-14-11-6-4-5-7-12(11)15-9-16-14/h4-7,9-10H,3,8H2,1-2H3. The minimum atomic E-state index is -0.166. The van der Waals surface area contributed by atoms with Crippen molar-refractivity contribution >= 4 is 28.6 Å².